The number of anilines is 1. The fourth-order valence-electron chi connectivity index (χ4n) is 2.35. The first kappa shape index (κ1) is 11.2. The van der Waals surface area contributed by atoms with E-state index in [9.17, 15) is 4.79 Å². The second-order valence-corrected chi connectivity index (χ2v) is 4.78. The Labute approximate surface area is 97.3 Å². The molecule has 0 saturated carbocycles. The number of hydrogen-bond donors (Lipinski definition) is 0. The van der Waals surface area contributed by atoms with E-state index in [-0.39, 0.29) is 0 Å². The quantitative estimate of drug-likeness (QED) is 0.724. The van der Waals surface area contributed by atoms with Crippen LogP contribution in [0, 0.1) is 0 Å². The zero-order valence-corrected chi connectivity index (χ0v) is 10.1. The van der Waals surface area contributed by atoms with Crippen molar-refractivity contribution in [1.82, 2.24) is 0 Å². The van der Waals surface area contributed by atoms with Crippen molar-refractivity contribution >= 4 is 12.0 Å². The van der Waals surface area contributed by atoms with Crippen molar-refractivity contribution < 1.29 is 4.79 Å². The minimum Gasteiger partial charge on any atom is -0.371 e. The minimum absolute atomic E-state index is 0.468. The van der Waals surface area contributed by atoms with Gasteiger partial charge in [0.25, 0.3) is 0 Å². The first-order valence-corrected chi connectivity index (χ1v) is 6.06. The SMILES string of the molecule is CC(C)c1cc(C=O)ccc1N1CCCC1. The van der Waals surface area contributed by atoms with Crippen LogP contribution in [0.2, 0.25) is 0 Å². The molecule has 0 atom stereocenters. The molecule has 0 bridgehead atoms. The van der Waals surface area contributed by atoms with Crippen molar-refractivity contribution in [3.05, 3.63) is 29.3 Å². The van der Waals surface area contributed by atoms with E-state index in [1.165, 1.54) is 24.1 Å². The summed E-state index contributed by atoms with van der Waals surface area (Å²) in [5.74, 6) is 0.468. The van der Waals surface area contributed by atoms with E-state index in [1.807, 2.05) is 12.1 Å². The Balaban J connectivity index is 2.38. The summed E-state index contributed by atoms with van der Waals surface area (Å²) in [4.78, 5) is 13.2. The van der Waals surface area contributed by atoms with E-state index >= 15 is 0 Å². The molecule has 1 saturated heterocycles. The molecule has 2 nitrogen and oxygen atoms in total. The predicted molar refractivity (Wildman–Crippen MR) is 67.4 cm³/mol. The van der Waals surface area contributed by atoms with Crippen LogP contribution in [0.3, 0.4) is 0 Å². The van der Waals surface area contributed by atoms with Gasteiger partial charge in [0.1, 0.15) is 6.29 Å². The van der Waals surface area contributed by atoms with Crippen molar-refractivity contribution in [2.45, 2.75) is 32.6 Å². The molecule has 0 aliphatic carbocycles. The maximum atomic E-state index is 10.8. The summed E-state index contributed by atoms with van der Waals surface area (Å²) in [6.45, 7) is 6.67. The van der Waals surface area contributed by atoms with Gasteiger partial charge in [-0.05, 0) is 42.5 Å². The average molecular weight is 217 g/mol. The Morgan fingerprint density at radius 2 is 1.94 bits per heavy atom. The van der Waals surface area contributed by atoms with Gasteiger partial charge in [-0.2, -0.15) is 0 Å². The third-order valence-corrected chi connectivity index (χ3v) is 3.26. The molecular weight excluding hydrogens is 198 g/mol. The second kappa shape index (κ2) is 4.69. The maximum absolute atomic E-state index is 10.8. The number of hydrogen-bond acceptors (Lipinski definition) is 2. The van der Waals surface area contributed by atoms with Gasteiger partial charge in [-0.1, -0.05) is 13.8 Å². The number of rotatable bonds is 3. The number of benzene rings is 1. The molecule has 0 spiro atoms. The van der Waals surface area contributed by atoms with Crippen LogP contribution >= 0.6 is 0 Å². The van der Waals surface area contributed by atoms with Crippen LogP contribution in [0.15, 0.2) is 18.2 Å². The molecule has 0 unspecified atom stereocenters. The van der Waals surface area contributed by atoms with Gasteiger partial charge in [0.2, 0.25) is 0 Å². The fourth-order valence-corrected chi connectivity index (χ4v) is 2.35. The normalized spacial score (nSPS) is 15.8. The van der Waals surface area contributed by atoms with Crippen molar-refractivity contribution in [3.63, 3.8) is 0 Å². The molecule has 1 aromatic carbocycles. The number of nitrogens with zero attached hydrogens (tertiary/aromatic N) is 1. The molecule has 1 aliphatic rings. The van der Waals surface area contributed by atoms with Crippen molar-refractivity contribution in [2.24, 2.45) is 0 Å². The topological polar surface area (TPSA) is 20.3 Å². The highest BCUT2D eigenvalue weighted by molar-refractivity contribution is 5.77. The lowest BCUT2D eigenvalue weighted by Gasteiger charge is -2.23. The predicted octanol–water partition coefficient (Wildman–Crippen LogP) is 3.22. The zero-order chi connectivity index (χ0) is 11.5. The van der Waals surface area contributed by atoms with Crippen LogP contribution in [-0.2, 0) is 0 Å². The van der Waals surface area contributed by atoms with E-state index in [0.717, 1.165) is 24.9 Å². The Morgan fingerprint density at radius 1 is 1.25 bits per heavy atom. The summed E-state index contributed by atoms with van der Waals surface area (Å²) in [6.07, 6.45) is 3.50. The fraction of sp³-hybridized carbons (Fsp3) is 0.500. The van der Waals surface area contributed by atoms with Crippen molar-refractivity contribution in [2.75, 3.05) is 18.0 Å². The van der Waals surface area contributed by atoms with Crippen LogP contribution in [0.5, 0.6) is 0 Å². The third kappa shape index (κ3) is 2.11. The number of carbonyl (C=O) groups is 1. The van der Waals surface area contributed by atoms with Crippen LogP contribution in [0.1, 0.15) is 48.5 Å². The second-order valence-electron chi connectivity index (χ2n) is 4.78. The lowest BCUT2D eigenvalue weighted by molar-refractivity contribution is 0.112. The van der Waals surface area contributed by atoms with Gasteiger partial charge in [-0.25, -0.2) is 0 Å². The molecule has 1 fully saturated rings. The monoisotopic (exact) mass is 217 g/mol. The maximum Gasteiger partial charge on any atom is 0.150 e. The van der Waals surface area contributed by atoms with Crippen LogP contribution in [-0.4, -0.2) is 19.4 Å². The molecule has 0 radical (unpaired) electrons. The molecule has 1 aromatic rings. The molecule has 86 valence electrons. The van der Waals surface area contributed by atoms with E-state index in [1.54, 1.807) is 0 Å². The van der Waals surface area contributed by atoms with Gasteiger partial charge in [-0.15, -0.1) is 0 Å². The van der Waals surface area contributed by atoms with E-state index in [4.69, 9.17) is 0 Å². The molecule has 1 heterocycles. The van der Waals surface area contributed by atoms with Crippen molar-refractivity contribution in [1.29, 1.82) is 0 Å². The third-order valence-electron chi connectivity index (χ3n) is 3.26. The summed E-state index contributed by atoms with van der Waals surface area (Å²) in [5, 5.41) is 0. The molecule has 0 aromatic heterocycles. The zero-order valence-electron chi connectivity index (χ0n) is 10.1. The van der Waals surface area contributed by atoms with Crippen LogP contribution in [0.25, 0.3) is 0 Å². The summed E-state index contributed by atoms with van der Waals surface area (Å²) >= 11 is 0. The van der Waals surface area contributed by atoms with Gasteiger partial charge in [0, 0.05) is 24.3 Å². The van der Waals surface area contributed by atoms with Gasteiger partial charge in [-0.3, -0.25) is 4.79 Å². The highest BCUT2D eigenvalue weighted by Gasteiger charge is 2.17. The molecule has 0 N–H and O–H groups in total. The highest BCUT2D eigenvalue weighted by Crippen LogP contribution is 2.30. The van der Waals surface area contributed by atoms with Gasteiger partial charge in [0.05, 0.1) is 0 Å². The summed E-state index contributed by atoms with van der Waals surface area (Å²) in [6, 6.07) is 6.06. The molecule has 1 aliphatic heterocycles. The molecule has 2 heteroatoms. The van der Waals surface area contributed by atoms with E-state index < -0.39 is 0 Å². The van der Waals surface area contributed by atoms with Gasteiger partial charge >= 0.3 is 0 Å². The average Bonchev–Trinajstić information content (AvgIpc) is 2.81. The standard InChI is InChI=1S/C14H19NO/c1-11(2)13-9-12(10-16)5-6-14(13)15-7-3-4-8-15/h5-6,9-11H,3-4,7-8H2,1-2H3. The lowest BCUT2D eigenvalue weighted by atomic mass is 9.98. The highest BCUT2D eigenvalue weighted by atomic mass is 16.1. The largest absolute Gasteiger partial charge is 0.371 e. The van der Waals surface area contributed by atoms with Crippen molar-refractivity contribution in [3.8, 4) is 0 Å². The van der Waals surface area contributed by atoms with E-state index in [2.05, 4.69) is 24.8 Å². The molecule has 16 heavy (non-hydrogen) atoms. The number of aldehydes is 1. The Bertz CT molecular complexity index is 378. The van der Waals surface area contributed by atoms with Crippen LogP contribution in [0.4, 0.5) is 5.69 Å². The van der Waals surface area contributed by atoms with Crippen LogP contribution < -0.4 is 4.90 Å². The Hall–Kier alpha value is -1.31. The summed E-state index contributed by atoms with van der Waals surface area (Å²) in [7, 11) is 0. The first-order valence-electron chi connectivity index (χ1n) is 6.06. The molecular formula is C14H19NO. The Kier molecular flexibility index (Phi) is 3.28. The molecule has 0 amide bonds. The minimum atomic E-state index is 0.468. The molecule has 2 rings (SSSR count). The smallest absolute Gasteiger partial charge is 0.150 e. The van der Waals surface area contributed by atoms with Gasteiger partial charge < -0.3 is 4.90 Å². The summed E-state index contributed by atoms with van der Waals surface area (Å²) < 4.78 is 0. The Morgan fingerprint density at radius 3 is 2.50 bits per heavy atom. The summed E-state index contributed by atoms with van der Waals surface area (Å²) in [5.41, 5.74) is 3.40. The number of carbonyl (C=O) groups excluding carboxylic acids is 1. The van der Waals surface area contributed by atoms with Gasteiger partial charge in [0.15, 0.2) is 0 Å². The lowest BCUT2D eigenvalue weighted by Crippen LogP contribution is -2.19. The first-order chi connectivity index (χ1) is 7.72. The van der Waals surface area contributed by atoms with E-state index in [0.29, 0.717) is 5.92 Å².